The third kappa shape index (κ3) is 2.98. The van der Waals surface area contributed by atoms with Crippen LogP contribution in [0.25, 0.3) is 0 Å². The molecule has 0 spiro atoms. The van der Waals surface area contributed by atoms with E-state index in [1.54, 1.807) is 0 Å². The predicted octanol–water partition coefficient (Wildman–Crippen LogP) is 2.03. The first-order valence-corrected chi connectivity index (χ1v) is 9.48. The predicted molar refractivity (Wildman–Crippen MR) is 98.2 cm³/mol. The van der Waals surface area contributed by atoms with Crippen LogP contribution in [0.3, 0.4) is 0 Å². The van der Waals surface area contributed by atoms with Gasteiger partial charge in [0.25, 0.3) is 0 Å². The molecule has 1 saturated heterocycles. The standard InChI is InChI=1S/C20H31N3O/c1-4-21-11-13-23(14-12-21)20(19(24)22(5-2)6-3)15-17-9-7-8-10-18(17)16-20/h7-10H,4-6,11-16H2,1-3H3. The molecule has 0 atom stereocenters. The fourth-order valence-corrected chi connectivity index (χ4v) is 4.40. The third-order valence-corrected chi connectivity index (χ3v) is 5.96. The fraction of sp³-hybridized carbons (Fsp3) is 0.650. The highest BCUT2D eigenvalue weighted by atomic mass is 16.2. The lowest BCUT2D eigenvalue weighted by Crippen LogP contribution is -2.64. The lowest BCUT2D eigenvalue weighted by Gasteiger charge is -2.46. The SMILES string of the molecule is CCN1CCN(C2(C(=O)N(CC)CC)Cc3ccccc3C2)CC1. The summed E-state index contributed by atoms with van der Waals surface area (Å²) in [4.78, 5) is 20.5. The molecule has 0 aromatic heterocycles. The monoisotopic (exact) mass is 329 g/mol. The largest absolute Gasteiger partial charge is 0.342 e. The van der Waals surface area contributed by atoms with Crippen molar-refractivity contribution in [3.8, 4) is 0 Å². The van der Waals surface area contributed by atoms with Gasteiger partial charge < -0.3 is 9.80 Å². The number of rotatable bonds is 5. The first-order chi connectivity index (χ1) is 11.6. The van der Waals surface area contributed by atoms with Gasteiger partial charge in [0.2, 0.25) is 5.91 Å². The van der Waals surface area contributed by atoms with Crippen molar-refractivity contribution in [2.75, 3.05) is 45.8 Å². The molecule has 4 heteroatoms. The molecule has 1 fully saturated rings. The number of likely N-dealkylation sites (N-methyl/N-ethyl adjacent to an activating group) is 2. The van der Waals surface area contributed by atoms with Gasteiger partial charge in [-0.25, -0.2) is 0 Å². The summed E-state index contributed by atoms with van der Waals surface area (Å²) >= 11 is 0. The van der Waals surface area contributed by atoms with Crippen molar-refractivity contribution in [1.82, 2.24) is 14.7 Å². The van der Waals surface area contributed by atoms with E-state index in [-0.39, 0.29) is 5.54 Å². The number of hydrogen-bond donors (Lipinski definition) is 0. The van der Waals surface area contributed by atoms with Crippen molar-refractivity contribution < 1.29 is 4.79 Å². The van der Waals surface area contributed by atoms with Crippen LogP contribution in [-0.2, 0) is 17.6 Å². The average molecular weight is 329 g/mol. The molecule has 1 amide bonds. The van der Waals surface area contributed by atoms with E-state index >= 15 is 0 Å². The third-order valence-electron chi connectivity index (χ3n) is 5.96. The number of fused-ring (bicyclic) bond motifs is 1. The molecule has 1 aromatic carbocycles. The Labute approximate surface area is 146 Å². The maximum absolute atomic E-state index is 13.5. The Bertz CT molecular complexity index is 549. The van der Waals surface area contributed by atoms with Gasteiger partial charge in [-0.15, -0.1) is 0 Å². The van der Waals surface area contributed by atoms with Gasteiger partial charge >= 0.3 is 0 Å². The van der Waals surface area contributed by atoms with Crippen LogP contribution in [0.5, 0.6) is 0 Å². The summed E-state index contributed by atoms with van der Waals surface area (Å²) in [5.74, 6) is 0.327. The molecule has 0 bridgehead atoms. The molecule has 1 aliphatic carbocycles. The van der Waals surface area contributed by atoms with E-state index in [1.165, 1.54) is 11.1 Å². The fourth-order valence-electron chi connectivity index (χ4n) is 4.40. The molecule has 4 nitrogen and oxygen atoms in total. The molecule has 0 radical (unpaired) electrons. The van der Waals surface area contributed by atoms with Crippen LogP contribution in [0.2, 0.25) is 0 Å². The minimum atomic E-state index is -0.366. The van der Waals surface area contributed by atoms with Gasteiger partial charge in [0.15, 0.2) is 0 Å². The molecule has 1 aliphatic heterocycles. The van der Waals surface area contributed by atoms with Crippen LogP contribution in [0.15, 0.2) is 24.3 Å². The van der Waals surface area contributed by atoms with Crippen molar-refractivity contribution >= 4 is 5.91 Å². The van der Waals surface area contributed by atoms with Crippen LogP contribution in [-0.4, -0.2) is 72.0 Å². The van der Waals surface area contributed by atoms with Crippen LogP contribution in [0, 0.1) is 0 Å². The number of carbonyl (C=O) groups is 1. The van der Waals surface area contributed by atoms with Gasteiger partial charge in [0, 0.05) is 52.1 Å². The zero-order valence-electron chi connectivity index (χ0n) is 15.4. The van der Waals surface area contributed by atoms with Crippen molar-refractivity contribution in [2.45, 2.75) is 39.2 Å². The zero-order chi connectivity index (χ0) is 17.2. The van der Waals surface area contributed by atoms with E-state index in [0.717, 1.165) is 58.7 Å². The number of amides is 1. The number of piperazine rings is 1. The van der Waals surface area contributed by atoms with Gasteiger partial charge in [-0.05, 0) is 31.5 Å². The van der Waals surface area contributed by atoms with E-state index < -0.39 is 0 Å². The second-order valence-corrected chi connectivity index (χ2v) is 7.05. The Morgan fingerprint density at radius 1 is 1.00 bits per heavy atom. The van der Waals surface area contributed by atoms with Gasteiger partial charge in [0.05, 0.1) is 0 Å². The Hall–Kier alpha value is -1.39. The number of carbonyl (C=O) groups excluding carboxylic acids is 1. The number of nitrogens with zero attached hydrogens (tertiary/aromatic N) is 3. The molecule has 0 saturated carbocycles. The van der Waals surface area contributed by atoms with E-state index in [9.17, 15) is 4.79 Å². The summed E-state index contributed by atoms with van der Waals surface area (Å²) in [7, 11) is 0. The van der Waals surface area contributed by atoms with E-state index in [4.69, 9.17) is 0 Å². The first kappa shape index (κ1) is 17.4. The highest BCUT2D eigenvalue weighted by Gasteiger charge is 2.50. The highest BCUT2D eigenvalue weighted by Crippen LogP contribution is 2.37. The van der Waals surface area contributed by atoms with Gasteiger partial charge in [-0.3, -0.25) is 9.69 Å². The van der Waals surface area contributed by atoms with Crippen LogP contribution >= 0.6 is 0 Å². The van der Waals surface area contributed by atoms with Crippen LogP contribution in [0.4, 0.5) is 0 Å². The first-order valence-electron chi connectivity index (χ1n) is 9.48. The lowest BCUT2D eigenvalue weighted by molar-refractivity contribution is -0.145. The molecular weight excluding hydrogens is 298 g/mol. The summed E-state index contributed by atoms with van der Waals surface area (Å²) < 4.78 is 0. The molecule has 0 N–H and O–H groups in total. The van der Waals surface area contributed by atoms with Gasteiger partial charge in [-0.2, -0.15) is 0 Å². The average Bonchev–Trinajstić information content (AvgIpc) is 3.03. The van der Waals surface area contributed by atoms with Gasteiger partial charge in [-0.1, -0.05) is 31.2 Å². The van der Waals surface area contributed by atoms with Crippen molar-refractivity contribution in [3.63, 3.8) is 0 Å². The summed E-state index contributed by atoms with van der Waals surface area (Å²) in [6.45, 7) is 13.2. The smallest absolute Gasteiger partial charge is 0.243 e. The van der Waals surface area contributed by atoms with Crippen molar-refractivity contribution in [3.05, 3.63) is 35.4 Å². The molecule has 1 aromatic rings. The Morgan fingerprint density at radius 3 is 2.00 bits per heavy atom. The molecule has 24 heavy (non-hydrogen) atoms. The van der Waals surface area contributed by atoms with Crippen molar-refractivity contribution in [2.24, 2.45) is 0 Å². The minimum absolute atomic E-state index is 0.327. The Kier molecular flexibility index (Phi) is 5.26. The van der Waals surface area contributed by atoms with Crippen molar-refractivity contribution in [1.29, 1.82) is 0 Å². The summed E-state index contributed by atoms with van der Waals surface area (Å²) in [5.41, 5.74) is 2.35. The molecule has 1 heterocycles. The Morgan fingerprint density at radius 2 is 1.54 bits per heavy atom. The molecule has 2 aliphatic rings. The molecule has 3 rings (SSSR count). The topological polar surface area (TPSA) is 26.8 Å². The van der Waals surface area contributed by atoms with Crippen LogP contribution < -0.4 is 0 Å². The number of hydrogen-bond acceptors (Lipinski definition) is 3. The zero-order valence-corrected chi connectivity index (χ0v) is 15.4. The second kappa shape index (κ2) is 7.24. The maximum Gasteiger partial charge on any atom is 0.243 e. The quantitative estimate of drug-likeness (QED) is 0.827. The maximum atomic E-state index is 13.5. The molecular formula is C20H31N3O. The lowest BCUT2D eigenvalue weighted by atomic mass is 9.90. The number of benzene rings is 1. The van der Waals surface area contributed by atoms with Crippen LogP contribution in [0.1, 0.15) is 31.9 Å². The van der Waals surface area contributed by atoms with E-state index in [1.807, 2.05) is 4.90 Å². The molecule has 132 valence electrons. The Balaban J connectivity index is 1.90. The van der Waals surface area contributed by atoms with E-state index in [0.29, 0.717) is 5.91 Å². The highest BCUT2D eigenvalue weighted by molar-refractivity contribution is 5.88. The summed E-state index contributed by atoms with van der Waals surface area (Å²) in [5, 5.41) is 0. The summed E-state index contributed by atoms with van der Waals surface area (Å²) in [6.07, 6.45) is 1.73. The summed E-state index contributed by atoms with van der Waals surface area (Å²) in [6, 6.07) is 8.61. The minimum Gasteiger partial charge on any atom is -0.342 e. The van der Waals surface area contributed by atoms with Gasteiger partial charge in [0.1, 0.15) is 5.54 Å². The van der Waals surface area contributed by atoms with E-state index in [2.05, 4.69) is 54.8 Å². The normalized spacial score (nSPS) is 20.8. The molecule has 0 unspecified atom stereocenters. The second-order valence-electron chi connectivity index (χ2n) is 7.05.